The number of hydrogen-bond acceptors (Lipinski definition) is 7. The van der Waals surface area contributed by atoms with E-state index in [-0.39, 0.29) is 22.7 Å². The van der Waals surface area contributed by atoms with Crippen LogP contribution in [0.15, 0.2) is 24.3 Å². The zero-order chi connectivity index (χ0) is 18.1. The summed E-state index contributed by atoms with van der Waals surface area (Å²) in [6.45, 7) is 0. The van der Waals surface area contributed by atoms with Crippen LogP contribution in [0, 0.1) is 5.92 Å². The number of thioether (sulfide) groups is 2. The normalized spacial score (nSPS) is 33.6. The summed E-state index contributed by atoms with van der Waals surface area (Å²) in [5, 5.41) is 5.50. The number of carbonyl (C=O) groups is 3. The first-order chi connectivity index (χ1) is 12.7. The van der Waals surface area contributed by atoms with Crippen molar-refractivity contribution in [1.29, 1.82) is 0 Å². The van der Waals surface area contributed by atoms with Crippen LogP contribution in [-0.2, 0) is 27.2 Å². The lowest BCUT2D eigenvalue weighted by atomic mass is 9.80. The lowest BCUT2D eigenvalue weighted by Crippen LogP contribution is -2.50. The molecular formula is C19H22N2O3S2. The molecule has 0 spiro atoms. The molecule has 1 aromatic rings. The highest BCUT2D eigenvalue weighted by molar-refractivity contribution is 8.01. The molecule has 0 amide bonds. The number of ketones is 2. The molecule has 7 heteroatoms. The number of Topliss-reactive ketones (excluding diaryl/α,β-unsaturated/α-hetero) is 2. The fourth-order valence-corrected chi connectivity index (χ4v) is 6.48. The number of benzene rings is 1. The Morgan fingerprint density at radius 3 is 2.54 bits per heavy atom. The van der Waals surface area contributed by atoms with Gasteiger partial charge in [-0.25, -0.2) is 0 Å². The molecule has 1 aliphatic carbocycles. The van der Waals surface area contributed by atoms with Crippen molar-refractivity contribution in [2.75, 3.05) is 11.8 Å². The molecule has 138 valence electrons. The number of hydrogen-bond donors (Lipinski definition) is 2. The van der Waals surface area contributed by atoms with Gasteiger partial charge in [0.25, 0.3) is 0 Å². The van der Waals surface area contributed by atoms with Gasteiger partial charge in [-0.05, 0) is 30.4 Å². The Morgan fingerprint density at radius 2 is 1.73 bits per heavy atom. The van der Waals surface area contributed by atoms with Gasteiger partial charge in [-0.1, -0.05) is 24.3 Å². The third kappa shape index (κ3) is 3.38. The fourth-order valence-electron chi connectivity index (χ4n) is 4.10. The summed E-state index contributed by atoms with van der Waals surface area (Å²) in [6, 6.07) is 7.38. The smallest absolute Gasteiger partial charge is 0.166 e. The van der Waals surface area contributed by atoms with Crippen molar-refractivity contribution in [3.63, 3.8) is 0 Å². The van der Waals surface area contributed by atoms with Crippen LogP contribution in [0.25, 0.3) is 0 Å². The van der Waals surface area contributed by atoms with Gasteiger partial charge in [0.1, 0.15) is 6.29 Å². The summed E-state index contributed by atoms with van der Waals surface area (Å²) in [4.78, 5) is 37.3. The molecular weight excluding hydrogens is 368 g/mol. The molecule has 26 heavy (non-hydrogen) atoms. The van der Waals surface area contributed by atoms with E-state index in [1.54, 1.807) is 0 Å². The molecule has 0 saturated carbocycles. The largest absolute Gasteiger partial charge is 0.302 e. The zero-order valence-corrected chi connectivity index (χ0v) is 16.0. The molecule has 2 unspecified atom stereocenters. The summed E-state index contributed by atoms with van der Waals surface area (Å²) in [5.74, 6) is 1.35. The van der Waals surface area contributed by atoms with E-state index in [2.05, 4.69) is 22.8 Å². The average molecular weight is 391 g/mol. The van der Waals surface area contributed by atoms with E-state index in [9.17, 15) is 14.4 Å². The van der Waals surface area contributed by atoms with Gasteiger partial charge in [-0.3, -0.25) is 20.2 Å². The van der Waals surface area contributed by atoms with Crippen molar-refractivity contribution in [1.82, 2.24) is 10.6 Å². The SMILES string of the molecule is O=C[C@H]1NCSC1C(=O)[C@H]1NCSC1C(=O)[C@H]1CCc2ccccc2C1. The second-order valence-electron chi connectivity index (χ2n) is 7.02. The summed E-state index contributed by atoms with van der Waals surface area (Å²) < 4.78 is 0. The van der Waals surface area contributed by atoms with Crippen molar-refractivity contribution in [3.05, 3.63) is 35.4 Å². The highest BCUT2D eigenvalue weighted by atomic mass is 32.2. The van der Waals surface area contributed by atoms with Crippen LogP contribution in [0.3, 0.4) is 0 Å². The Labute approximate surface area is 161 Å². The molecule has 3 aliphatic rings. The summed E-state index contributed by atoms with van der Waals surface area (Å²) >= 11 is 2.99. The monoisotopic (exact) mass is 390 g/mol. The highest BCUT2D eigenvalue weighted by Crippen LogP contribution is 2.34. The van der Waals surface area contributed by atoms with Gasteiger partial charge in [0.15, 0.2) is 11.6 Å². The molecule has 1 aromatic carbocycles. The minimum absolute atomic E-state index is 0.0170. The van der Waals surface area contributed by atoms with Crippen LogP contribution in [0.1, 0.15) is 17.5 Å². The third-order valence-corrected chi connectivity index (χ3v) is 7.96. The van der Waals surface area contributed by atoms with Crippen LogP contribution >= 0.6 is 23.5 Å². The van der Waals surface area contributed by atoms with E-state index >= 15 is 0 Å². The van der Waals surface area contributed by atoms with Gasteiger partial charge in [-0.15, -0.1) is 23.5 Å². The van der Waals surface area contributed by atoms with Crippen LogP contribution < -0.4 is 10.6 Å². The number of aryl methyl sites for hydroxylation is 1. The van der Waals surface area contributed by atoms with Crippen molar-refractivity contribution in [2.45, 2.75) is 41.8 Å². The van der Waals surface area contributed by atoms with Gasteiger partial charge < -0.3 is 4.79 Å². The first-order valence-corrected chi connectivity index (χ1v) is 11.1. The maximum absolute atomic E-state index is 13.2. The Morgan fingerprint density at radius 1 is 1.00 bits per heavy atom. The van der Waals surface area contributed by atoms with Gasteiger partial charge in [0.2, 0.25) is 0 Å². The number of aldehydes is 1. The second-order valence-corrected chi connectivity index (χ2v) is 9.28. The number of nitrogens with one attached hydrogen (secondary N) is 2. The Bertz CT molecular complexity index is 726. The first-order valence-electron chi connectivity index (χ1n) is 8.98. The van der Waals surface area contributed by atoms with Crippen molar-refractivity contribution >= 4 is 41.4 Å². The second kappa shape index (κ2) is 7.84. The van der Waals surface area contributed by atoms with Gasteiger partial charge >= 0.3 is 0 Å². The van der Waals surface area contributed by atoms with Crippen LogP contribution in [-0.4, -0.2) is 52.2 Å². The van der Waals surface area contributed by atoms with Gasteiger partial charge in [0, 0.05) is 17.7 Å². The molecule has 2 N–H and O–H groups in total. The molecule has 0 aromatic heterocycles. The lowest BCUT2D eigenvalue weighted by molar-refractivity contribution is -0.127. The van der Waals surface area contributed by atoms with E-state index < -0.39 is 17.3 Å². The number of fused-ring (bicyclic) bond motifs is 1. The molecule has 2 aliphatic heterocycles. The summed E-state index contributed by atoms with van der Waals surface area (Å²) in [6.07, 6.45) is 3.35. The predicted octanol–water partition coefficient (Wildman–Crippen LogP) is 1.19. The molecule has 2 heterocycles. The number of carbonyl (C=O) groups excluding carboxylic acids is 3. The van der Waals surface area contributed by atoms with Crippen molar-refractivity contribution in [3.8, 4) is 0 Å². The van der Waals surface area contributed by atoms with E-state index in [1.165, 1.54) is 34.7 Å². The van der Waals surface area contributed by atoms with E-state index in [1.807, 2.05) is 12.1 Å². The Balaban J connectivity index is 1.47. The summed E-state index contributed by atoms with van der Waals surface area (Å²) in [7, 11) is 0. The van der Waals surface area contributed by atoms with Gasteiger partial charge in [-0.2, -0.15) is 0 Å². The molecule has 2 fully saturated rings. The molecule has 5 atom stereocenters. The van der Waals surface area contributed by atoms with E-state index in [4.69, 9.17) is 0 Å². The van der Waals surface area contributed by atoms with Gasteiger partial charge in [0.05, 0.1) is 22.6 Å². The topological polar surface area (TPSA) is 75.3 Å². The predicted molar refractivity (Wildman–Crippen MR) is 104 cm³/mol. The van der Waals surface area contributed by atoms with E-state index in [0.717, 1.165) is 25.5 Å². The van der Waals surface area contributed by atoms with Crippen LogP contribution in [0.2, 0.25) is 0 Å². The van der Waals surface area contributed by atoms with Crippen LogP contribution in [0.4, 0.5) is 0 Å². The van der Waals surface area contributed by atoms with E-state index in [0.29, 0.717) is 11.8 Å². The molecule has 2 saturated heterocycles. The fraction of sp³-hybridized carbons (Fsp3) is 0.526. The molecule has 5 nitrogen and oxygen atoms in total. The molecule has 4 rings (SSSR count). The Kier molecular flexibility index (Phi) is 5.50. The maximum atomic E-state index is 13.2. The maximum Gasteiger partial charge on any atom is 0.166 e. The average Bonchev–Trinajstić information content (AvgIpc) is 3.35. The third-order valence-electron chi connectivity index (χ3n) is 5.54. The first kappa shape index (κ1) is 18.2. The molecule has 0 radical (unpaired) electrons. The van der Waals surface area contributed by atoms with Crippen molar-refractivity contribution in [2.24, 2.45) is 5.92 Å². The minimum Gasteiger partial charge on any atom is -0.302 e. The summed E-state index contributed by atoms with van der Waals surface area (Å²) in [5.41, 5.74) is 2.59. The Hall–Kier alpha value is -1.15. The highest BCUT2D eigenvalue weighted by Gasteiger charge is 2.46. The standard InChI is InChI=1S/C19H22N2O3S2/c22-8-14-18(25-9-20-14)17(24)15-19(26-10-21-15)16(23)13-6-5-11-3-1-2-4-12(11)7-13/h1-4,8,13-15,18-21H,5-7,9-10H2/t13-,14+,15+,18?,19?/m0/s1. The minimum atomic E-state index is -0.482. The number of rotatable bonds is 5. The lowest BCUT2D eigenvalue weighted by Gasteiger charge is -2.28. The van der Waals surface area contributed by atoms with Crippen molar-refractivity contribution < 1.29 is 14.4 Å². The van der Waals surface area contributed by atoms with Crippen LogP contribution in [0.5, 0.6) is 0 Å². The molecule has 0 bridgehead atoms. The quantitative estimate of drug-likeness (QED) is 0.732. The zero-order valence-electron chi connectivity index (χ0n) is 14.4.